The lowest BCUT2D eigenvalue weighted by atomic mass is 10.2. The maximum absolute atomic E-state index is 5.69. The number of hydrogen-bond donors (Lipinski definition) is 0. The van der Waals surface area contributed by atoms with Crippen molar-refractivity contribution in [2.45, 2.75) is 0 Å². The fourth-order valence-electron chi connectivity index (χ4n) is 1.69. The Bertz CT molecular complexity index is 665. The van der Waals surface area contributed by atoms with E-state index >= 15 is 0 Å². The fraction of sp³-hybridized carbons (Fsp3) is 0. The SMILES string of the molecule is C1=CC=c2oc3ccccc3c2=CC=1. The Labute approximate surface area is 81.0 Å². The summed E-state index contributed by atoms with van der Waals surface area (Å²) in [6.45, 7) is 0. The molecular weight excluding hydrogens is 172 g/mol. The van der Waals surface area contributed by atoms with Crippen molar-refractivity contribution in [3.8, 4) is 0 Å². The van der Waals surface area contributed by atoms with Gasteiger partial charge in [-0.3, -0.25) is 0 Å². The van der Waals surface area contributed by atoms with Gasteiger partial charge in [0, 0.05) is 10.6 Å². The predicted octanol–water partition coefficient (Wildman–Crippen LogP) is 1.72. The molecule has 0 bridgehead atoms. The molecule has 0 fully saturated rings. The normalized spacial score (nSPS) is 13.1. The van der Waals surface area contributed by atoms with Crippen LogP contribution < -0.4 is 10.6 Å². The quantitative estimate of drug-likeness (QED) is 0.562. The van der Waals surface area contributed by atoms with Gasteiger partial charge in [0.05, 0.1) is 0 Å². The van der Waals surface area contributed by atoms with Crippen LogP contribution in [0.2, 0.25) is 0 Å². The lowest BCUT2D eigenvalue weighted by molar-refractivity contribution is 0.576. The standard InChI is InChI=1S/C13H8O/c1-2-6-10-11-7-4-5-9-13(11)14-12(10)8-3-1/h2-9H. The molecule has 0 spiro atoms. The van der Waals surface area contributed by atoms with Crippen LogP contribution >= 0.6 is 0 Å². The van der Waals surface area contributed by atoms with Crippen molar-refractivity contribution >= 4 is 23.1 Å². The van der Waals surface area contributed by atoms with Crippen molar-refractivity contribution in [1.82, 2.24) is 0 Å². The van der Waals surface area contributed by atoms with Crippen LogP contribution in [-0.4, -0.2) is 0 Å². The largest absolute Gasteiger partial charge is 0.456 e. The zero-order valence-corrected chi connectivity index (χ0v) is 7.53. The first-order valence-corrected chi connectivity index (χ1v) is 4.56. The van der Waals surface area contributed by atoms with E-state index in [2.05, 4.69) is 11.8 Å². The van der Waals surface area contributed by atoms with E-state index in [4.69, 9.17) is 4.42 Å². The summed E-state index contributed by atoms with van der Waals surface area (Å²) < 4.78 is 5.69. The van der Waals surface area contributed by atoms with Crippen LogP contribution in [0, 0.1) is 0 Å². The Balaban J connectivity index is 2.63. The second-order valence-corrected chi connectivity index (χ2v) is 3.21. The minimum absolute atomic E-state index is 0.910. The molecule has 1 aromatic carbocycles. The van der Waals surface area contributed by atoms with E-state index < -0.39 is 0 Å². The van der Waals surface area contributed by atoms with Crippen molar-refractivity contribution in [1.29, 1.82) is 0 Å². The van der Waals surface area contributed by atoms with Gasteiger partial charge in [-0.2, -0.15) is 0 Å². The van der Waals surface area contributed by atoms with Crippen molar-refractivity contribution in [2.24, 2.45) is 0 Å². The van der Waals surface area contributed by atoms with Crippen molar-refractivity contribution < 1.29 is 4.42 Å². The van der Waals surface area contributed by atoms with Gasteiger partial charge >= 0.3 is 0 Å². The second kappa shape index (κ2) is 2.76. The number of hydrogen-bond acceptors (Lipinski definition) is 1. The lowest BCUT2D eigenvalue weighted by Gasteiger charge is -1.83. The van der Waals surface area contributed by atoms with Crippen LogP contribution in [0.4, 0.5) is 0 Å². The number of fused-ring (bicyclic) bond motifs is 3. The zero-order valence-electron chi connectivity index (χ0n) is 7.53. The fourth-order valence-corrected chi connectivity index (χ4v) is 1.69. The first kappa shape index (κ1) is 7.43. The average molecular weight is 180 g/mol. The molecule has 1 aromatic heterocycles. The molecule has 0 saturated heterocycles. The van der Waals surface area contributed by atoms with Crippen molar-refractivity contribution in [3.05, 3.63) is 52.8 Å². The molecule has 0 amide bonds. The molecule has 3 rings (SSSR count). The molecule has 66 valence electrons. The van der Waals surface area contributed by atoms with Gasteiger partial charge in [0.15, 0.2) is 0 Å². The zero-order chi connectivity index (χ0) is 9.38. The summed E-state index contributed by atoms with van der Waals surface area (Å²) in [7, 11) is 0. The van der Waals surface area contributed by atoms with Crippen LogP contribution in [-0.2, 0) is 0 Å². The number of benzene rings is 1. The summed E-state index contributed by atoms with van der Waals surface area (Å²) >= 11 is 0. The van der Waals surface area contributed by atoms with E-state index in [1.807, 2.05) is 42.5 Å². The second-order valence-electron chi connectivity index (χ2n) is 3.21. The molecule has 0 atom stereocenters. The third-order valence-corrected chi connectivity index (χ3v) is 2.34. The van der Waals surface area contributed by atoms with Gasteiger partial charge < -0.3 is 4.42 Å². The van der Waals surface area contributed by atoms with E-state index in [0.717, 1.165) is 21.6 Å². The number of furan rings is 1. The van der Waals surface area contributed by atoms with E-state index in [1.165, 1.54) is 0 Å². The topological polar surface area (TPSA) is 13.1 Å². The molecule has 14 heavy (non-hydrogen) atoms. The Morgan fingerprint density at radius 3 is 2.86 bits per heavy atom. The molecule has 0 aliphatic heterocycles. The monoisotopic (exact) mass is 180 g/mol. The Morgan fingerprint density at radius 2 is 1.86 bits per heavy atom. The third kappa shape index (κ3) is 0.968. The van der Waals surface area contributed by atoms with Crippen LogP contribution in [0.3, 0.4) is 0 Å². The molecule has 2 aromatic rings. The highest BCUT2D eigenvalue weighted by molar-refractivity contribution is 5.79. The number of allylic oxidation sites excluding steroid dienone is 1. The first-order valence-electron chi connectivity index (χ1n) is 4.56. The molecule has 1 aliphatic rings. The van der Waals surface area contributed by atoms with E-state index in [1.54, 1.807) is 0 Å². The maximum atomic E-state index is 5.69. The van der Waals surface area contributed by atoms with Gasteiger partial charge in [-0.25, -0.2) is 0 Å². The van der Waals surface area contributed by atoms with E-state index in [-0.39, 0.29) is 0 Å². The Hall–Kier alpha value is -1.98. The molecule has 0 N–H and O–H groups in total. The summed E-state index contributed by atoms with van der Waals surface area (Å²) in [5.41, 5.74) is 4.87. The molecule has 0 radical (unpaired) electrons. The minimum Gasteiger partial charge on any atom is -0.456 e. The summed E-state index contributed by atoms with van der Waals surface area (Å²) in [6.07, 6.45) is 7.74. The summed E-state index contributed by atoms with van der Waals surface area (Å²) in [5, 5.41) is 2.30. The van der Waals surface area contributed by atoms with Crippen molar-refractivity contribution in [3.63, 3.8) is 0 Å². The molecule has 1 nitrogen and oxygen atoms in total. The highest BCUT2D eigenvalue weighted by Crippen LogP contribution is 2.06. The molecule has 1 heterocycles. The first-order chi connectivity index (χ1) is 6.95. The van der Waals surface area contributed by atoms with Gasteiger partial charge in [-0.1, -0.05) is 18.2 Å². The lowest BCUT2D eigenvalue weighted by Crippen LogP contribution is -2.18. The summed E-state index contributed by atoms with van der Waals surface area (Å²) in [4.78, 5) is 0. The highest BCUT2D eigenvalue weighted by atomic mass is 16.3. The van der Waals surface area contributed by atoms with Gasteiger partial charge in [0.25, 0.3) is 0 Å². The van der Waals surface area contributed by atoms with Gasteiger partial charge in [0.2, 0.25) is 0 Å². The Kier molecular flexibility index (Phi) is 1.46. The molecule has 0 saturated carbocycles. The van der Waals surface area contributed by atoms with Crippen LogP contribution in [0.15, 0.2) is 46.6 Å². The summed E-state index contributed by atoms with van der Waals surface area (Å²) in [5.74, 6) is 0. The van der Waals surface area contributed by atoms with Gasteiger partial charge in [0.1, 0.15) is 11.0 Å². The van der Waals surface area contributed by atoms with Crippen LogP contribution in [0.1, 0.15) is 0 Å². The average Bonchev–Trinajstić information content (AvgIpc) is 2.42. The number of rotatable bonds is 0. The third-order valence-electron chi connectivity index (χ3n) is 2.34. The molecular formula is C13H8O. The minimum atomic E-state index is 0.910. The predicted molar refractivity (Wildman–Crippen MR) is 57.0 cm³/mol. The van der Waals surface area contributed by atoms with Gasteiger partial charge in [-0.15, -0.1) is 5.73 Å². The van der Waals surface area contributed by atoms with E-state index in [0.29, 0.717) is 0 Å². The highest BCUT2D eigenvalue weighted by Gasteiger charge is 2.00. The van der Waals surface area contributed by atoms with Crippen LogP contribution in [0.25, 0.3) is 23.1 Å². The van der Waals surface area contributed by atoms with E-state index in [9.17, 15) is 0 Å². The molecule has 1 aliphatic carbocycles. The smallest absolute Gasteiger partial charge is 0.136 e. The molecule has 1 heteroatoms. The number of para-hydroxylation sites is 1. The van der Waals surface area contributed by atoms with Gasteiger partial charge in [-0.05, 0) is 30.4 Å². The molecule has 0 unspecified atom stereocenters. The van der Waals surface area contributed by atoms with Crippen LogP contribution in [0.5, 0.6) is 0 Å². The van der Waals surface area contributed by atoms with Crippen molar-refractivity contribution in [2.75, 3.05) is 0 Å². The maximum Gasteiger partial charge on any atom is 0.136 e. The summed E-state index contributed by atoms with van der Waals surface area (Å²) in [6, 6.07) is 8.06. The Morgan fingerprint density at radius 1 is 1.00 bits per heavy atom.